The zero-order valence-corrected chi connectivity index (χ0v) is 23.2. The van der Waals surface area contributed by atoms with E-state index in [1.165, 1.54) is 11.8 Å². The quantitative estimate of drug-likeness (QED) is 0.113. The minimum atomic E-state index is -0.147. The van der Waals surface area contributed by atoms with Crippen molar-refractivity contribution in [1.29, 1.82) is 0 Å². The highest BCUT2D eigenvalue weighted by Gasteiger charge is 2.16. The molecule has 0 aliphatic carbocycles. The van der Waals surface area contributed by atoms with Gasteiger partial charge in [-0.1, -0.05) is 62.0 Å². The van der Waals surface area contributed by atoms with Crippen LogP contribution in [0.25, 0.3) is 0 Å². The van der Waals surface area contributed by atoms with Gasteiger partial charge in [0.25, 0.3) is 0 Å². The second-order valence-electron chi connectivity index (χ2n) is 9.20. The van der Waals surface area contributed by atoms with E-state index in [4.69, 9.17) is 4.74 Å². The Hall–Kier alpha value is -4.24. The summed E-state index contributed by atoms with van der Waals surface area (Å²) in [6.45, 7) is 11.0. The molecule has 0 atom stereocenters. The van der Waals surface area contributed by atoms with Crippen molar-refractivity contribution >= 4 is 34.7 Å². The number of nitrogens with zero attached hydrogens (tertiary/aromatic N) is 5. The van der Waals surface area contributed by atoms with Gasteiger partial charge in [-0.05, 0) is 66.4 Å². The van der Waals surface area contributed by atoms with Crippen LogP contribution in [0.15, 0.2) is 101 Å². The molecule has 0 spiro atoms. The van der Waals surface area contributed by atoms with E-state index in [1.807, 2.05) is 47.9 Å². The lowest BCUT2D eigenvalue weighted by molar-refractivity contribution is -0.113. The molecule has 0 aliphatic rings. The number of aryl methyl sites for hydroxylation is 1. The van der Waals surface area contributed by atoms with E-state index in [2.05, 4.69) is 58.3 Å². The summed E-state index contributed by atoms with van der Waals surface area (Å²) in [6, 6.07) is 23.0. The lowest BCUT2D eigenvalue weighted by atomic mass is 10.0. The van der Waals surface area contributed by atoms with E-state index in [0.29, 0.717) is 34.8 Å². The molecule has 1 N–H and O–H groups in total. The van der Waals surface area contributed by atoms with Gasteiger partial charge in [-0.25, -0.2) is 0 Å². The second kappa shape index (κ2) is 13.5. The highest BCUT2D eigenvalue weighted by Crippen LogP contribution is 2.28. The van der Waals surface area contributed by atoms with Gasteiger partial charge in [0.2, 0.25) is 5.91 Å². The van der Waals surface area contributed by atoms with Crippen molar-refractivity contribution in [3.05, 3.63) is 102 Å². The molecular formula is C30H32N6O2S. The van der Waals surface area contributed by atoms with Gasteiger partial charge >= 0.3 is 0 Å². The van der Waals surface area contributed by atoms with Gasteiger partial charge in [-0.15, -0.1) is 16.8 Å². The number of allylic oxidation sites excluding steroid dienone is 1. The van der Waals surface area contributed by atoms with Crippen LogP contribution >= 0.6 is 11.8 Å². The van der Waals surface area contributed by atoms with E-state index < -0.39 is 0 Å². The zero-order valence-electron chi connectivity index (χ0n) is 22.4. The molecule has 3 aromatic carbocycles. The Kier molecular flexibility index (Phi) is 9.64. The number of rotatable bonds is 12. The Morgan fingerprint density at radius 3 is 2.46 bits per heavy atom. The minimum absolute atomic E-state index is 0.147. The Morgan fingerprint density at radius 1 is 1.05 bits per heavy atom. The van der Waals surface area contributed by atoms with Crippen LogP contribution < -0.4 is 10.1 Å². The first-order chi connectivity index (χ1) is 18.9. The summed E-state index contributed by atoms with van der Waals surface area (Å²) in [4.78, 5) is 12.6. The Morgan fingerprint density at radius 2 is 1.77 bits per heavy atom. The fraction of sp³-hybridized carbons (Fsp3) is 0.233. The van der Waals surface area contributed by atoms with Gasteiger partial charge in [0.15, 0.2) is 11.0 Å². The maximum Gasteiger partial charge on any atom is 0.234 e. The fourth-order valence-corrected chi connectivity index (χ4v) is 4.55. The molecule has 4 aromatic rings. The number of anilines is 1. The van der Waals surface area contributed by atoms with Crippen molar-refractivity contribution in [2.45, 2.75) is 45.0 Å². The topological polar surface area (TPSA) is 93.8 Å². The molecule has 0 bridgehead atoms. The van der Waals surface area contributed by atoms with E-state index >= 15 is 0 Å². The van der Waals surface area contributed by atoms with Gasteiger partial charge in [0, 0.05) is 12.2 Å². The summed E-state index contributed by atoms with van der Waals surface area (Å²) >= 11 is 1.32. The number of azo groups is 1. The van der Waals surface area contributed by atoms with E-state index in [0.717, 1.165) is 22.6 Å². The highest BCUT2D eigenvalue weighted by molar-refractivity contribution is 7.99. The Bertz CT molecular complexity index is 1430. The molecule has 39 heavy (non-hydrogen) atoms. The van der Waals surface area contributed by atoms with Crippen LogP contribution in [-0.2, 0) is 17.9 Å². The summed E-state index contributed by atoms with van der Waals surface area (Å²) in [7, 11) is 0. The summed E-state index contributed by atoms with van der Waals surface area (Å²) in [6.07, 6.45) is 1.78. The number of aromatic nitrogens is 3. The molecule has 1 heterocycles. The van der Waals surface area contributed by atoms with Gasteiger partial charge in [-0.3, -0.25) is 9.36 Å². The van der Waals surface area contributed by atoms with E-state index in [9.17, 15) is 4.79 Å². The van der Waals surface area contributed by atoms with Crippen LogP contribution in [0.1, 0.15) is 36.7 Å². The predicted molar refractivity (Wildman–Crippen MR) is 156 cm³/mol. The molecule has 0 unspecified atom stereocenters. The van der Waals surface area contributed by atoms with Crippen LogP contribution in [-0.4, -0.2) is 26.4 Å². The molecule has 9 heteroatoms. The third-order valence-electron chi connectivity index (χ3n) is 5.77. The SMILES string of the molecule is C=CCn1c(COc2cc(C)ccc2C(C)C)nnc1SCC(=O)Nc1ccc(N=Nc2ccccc2)cc1. The van der Waals surface area contributed by atoms with Crippen LogP contribution in [0.5, 0.6) is 5.75 Å². The minimum Gasteiger partial charge on any atom is -0.485 e. The lowest BCUT2D eigenvalue weighted by Crippen LogP contribution is -2.15. The first-order valence-corrected chi connectivity index (χ1v) is 13.7. The maximum absolute atomic E-state index is 12.6. The highest BCUT2D eigenvalue weighted by atomic mass is 32.2. The number of ether oxygens (including phenoxy) is 1. The second-order valence-corrected chi connectivity index (χ2v) is 10.1. The number of carbonyl (C=O) groups is 1. The molecule has 1 amide bonds. The van der Waals surface area contributed by atoms with E-state index in [-0.39, 0.29) is 18.3 Å². The van der Waals surface area contributed by atoms with E-state index in [1.54, 1.807) is 30.3 Å². The normalized spacial score (nSPS) is 11.2. The largest absolute Gasteiger partial charge is 0.485 e. The van der Waals surface area contributed by atoms with Crippen molar-refractivity contribution < 1.29 is 9.53 Å². The predicted octanol–water partition coefficient (Wildman–Crippen LogP) is 7.62. The smallest absolute Gasteiger partial charge is 0.234 e. The Balaban J connectivity index is 1.34. The van der Waals surface area contributed by atoms with Crippen LogP contribution in [0.3, 0.4) is 0 Å². The Labute approximate surface area is 233 Å². The van der Waals surface area contributed by atoms with Crippen molar-refractivity contribution in [3.8, 4) is 5.75 Å². The number of thioether (sulfide) groups is 1. The molecule has 0 saturated heterocycles. The number of carbonyl (C=O) groups excluding carboxylic acids is 1. The van der Waals surface area contributed by atoms with Crippen LogP contribution in [0.2, 0.25) is 0 Å². The first-order valence-electron chi connectivity index (χ1n) is 12.7. The molecule has 8 nitrogen and oxygen atoms in total. The van der Waals surface area contributed by atoms with Gasteiger partial charge in [0.1, 0.15) is 12.4 Å². The average molecular weight is 541 g/mol. The van der Waals surface area contributed by atoms with Crippen molar-refractivity contribution in [2.24, 2.45) is 10.2 Å². The molecule has 200 valence electrons. The van der Waals surface area contributed by atoms with Crippen molar-refractivity contribution in [3.63, 3.8) is 0 Å². The van der Waals surface area contributed by atoms with Crippen LogP contribution in [0.4, 0.5) is 17.1 Å². The van der Waals surface area contributed by atoms with Gasteiger partial charge in [0.05, 0.1) is 17.1 Å². The lowest BCUT2D eigenvalue weighted by Gasteiger charge is -2.15. The number of benzene rings is 3. The van der Waals surface area contributed by atoms with Gasteiger partial charge < -0.3 is 10.1 Å². The molecule has 0 aliphatic heterocycles. The number of hydrogen-bond acceptors (Lipinski definition) is 7. The van der Waals surface area contributed by atoms with Crippen LogP contribution in [0, 0.1) is 6.92 Å². The van der Waals surface area contributed by atoms with Crippen molar-refractivity contribution in [2.75, 3.05) is 11.1 Å². The summed E-state index contributed by atoms with van der Waals surface area (Å²) < 4.78 is 8.08. The molecule has 1 aromatic heterocycles. The van der Waals surface area contributed by atoms with Gasteiger partial charge in [-0.2, -0.15) is 10.2 Å². The zero-order chi connectivity index (χ0) is 27.6. The summed E-state index contributed by atoms with van der Waals surface area (Å²) in [5.74, 6) is 1.90. The molecule has 4 rings (SSSR count). The molecule has 0 radical (unpaired) electrons. The molecular weight excluding hydrogens is 508 g/mol. The number of nitrogens with one attached hydrogen (secondary N) is 1. The summed E-state index contributed by atoms with van der Waals surface area (Å²) in [5, 5.41) is 20.6. The monoisotopic (exact) mass is 540 g/mol. The third kappa shape index (κ3) is 7.87. The fourth-order valence-electron chi connectivity index (χ4n) is 3.78. The number of hydrogen-bond donors (Lipinski definition) is 1. The molecule has 0 fully saturated rings. The first kappa shape index (κ1) is 27.8. The average Bonchev–Trinajstić information content (AvgIpc) is 3.32. The third-order valence-corrected chi connectivity index (χ3v) is 6.74. The summed E-state index contributed by atoms with van der Waals surface area (Å²) in [5.41, 5.74) is 4.44. The molecule has 0 saturated carbocycles. The van der Waals surface area contributed by atoms with Crippen molar-refractivity contribution in [1.82, 2.24) is 14.8 Å². The standard InChI is InChI=1S/C30H32N6O2S/c1-5-17-36-28(19-38-27-18-22(4)11-16-26(27)21(2)3)34-35-30(36)39-20-29(37)31-23-12-14-25(15-13-23)33-32-24-9-7-6-8-10-24/h5-16,18,21H,1,17,19-20H2,2-4H3,(H,31,37). The maximum atomic E-state index is 12.6. The number of amides is 1.